The Morgan fingerprint density at radius 2 is 0.870 bits per heavy atom. The van der Waals surface area contributed by atoms with Gasteiger partial charge in [-0.1, -0.05) is 0 Å². The first-order chi connectivity index (χ1) is 21.5. The van der Waals surface area contributed by atoms with Gasteiger partial charge in [-0.15, -0.1) is 0 Å². The van der Waals surface area contributed by atoms with Crippen molar-refractivity contribution >= 4 is 16.7 Å². The van der Waals surface area contributed by atoms with Gasteiger partial charge in [-0.05, 0) is 25.0 Å². The number of allylic oxidation sites excluding steroid dienone is 6. The lowest BCUT2D eigenvalue weighted by molar-refractivity contribution is 0.436. The predicted molar refractivity (Wildman–Crippen MR) is 134 cm³/mol. The van der Waals surface area contributed by atoms with Gasteiger partial charge < -0.3 is 5.73 Å². The minimum atomic E-state index is -2.40. The Kier molecular flexibility index (Phi) is 8.53. The summed E-state index contributed by atoms with van der Waals surface area (Å²) in [5, 5.41) is 28.5. The number of hydrogen-bond donors (Lipinski definition) is 1. The minimum Gasteiger partial charge on any atom is -0.326 e. The van der Waals surface area contributed by atoms with Crippen LogP contribution >= 0.6 is 0 Å². The van der Waals surface area contributed by atoms with Crippen molar-refractivity contribution in [3.05, 3.63) is 120 Å². The maximum absolute atomic E-state index is 15.1. The largest absolute Gasteiger partial charge is 0.326 e. The highest BCUT2D eigenvalue weighted by Gasteiger charge is 2.45. The highest BCUT2D eigenvalue weighted by Crippen LogP contribution is 2.57. The van der Waals surface area contributed by atoms with Crippen molar-refractivity contribution in [2.45, 2.75) is 20.4 Å². The summed E-state index contributed by atoms with van der Waals surface area (Å²) in [6, 6.07) is 3.06. The average Bonchev–Trinajstić information content (AvgIpc) is 3.76. The van der Waals surface area contributed by atoms with Crippen LogP contribution in [0.4, 0.5) is 52.7 Å². The lowest BCUT2D eigenvalue weighted by atomic mass is 9.99. The van der Waals surface area contributed by atoms with E-state index in [2.05, 4.69) is 0 Å². The zero-order chi connectivity index (χ0) is 34.7. The fourth-order valence-corrected chi connectivity index (χ4v) is 4.76. The standard InChI is InChI=1S/C30H10F12N4/c1-7(14-25(37)21(33)11(5-45)22(34)26(14)38)13-15(9(3-43)17-27(39)19(31)8(2)20(32)28(17)40)16(13)10(4-44)18-29(41)23(35)12(6-46)24(36)30(18)42/h5,45H2,1-2H3/b13-7-,15-9?,16-10-. The van der Waals surface area contributed by atoms with Crippen molar-refractivity contribution in [1.29, 1.82) is 15.8 Å². The van der Waals surface area contributed by atoms with Crippen LogP contribution in [0.1, 0.15) is 40.3 Å². The molecule has 2 N–H and O–H groups in total. The van der Waals surface area contributed by atoms with Gasteiger partial charge in [0.05, 0.1) is 27.8 Å². The quantitative estimate of drug-likeness (QED) is 0.177. The molecule has 0 spiro atoms. The van der Waals surface area contributed by atoms with Gasteiger partial charge >= 0.3 is 0 Å². The molecule has 46 heavy (non-hydrogen) atoms. The summed E-state index contributed by atoms with van der Waals surface area (Å²) in [5.74, 6) is -26.4. The van der Waals surface area contributed by atoms with Gasteiger partial charge in [0.2, 0.25) is 0 Å². The third-order valence-corrected chi connectivity index (χ3v) is 7.08. The number of rotatable bonds is 4. The van der Waals surface area contributed by atoms with E-state index >= 15 is 26.3 Å². The monoisotopic (exact) mass is 654 g/mol. The number of hydrogen-bond acceptors (Lipinski definition) is 4. The minimum absolute atomic E-state index is 0.602. The normalized spacial score (nSPS) is 15.7. The van der Waals surface area contributed by atoms with Gasteiger partial charge in [0, 0.05) is 28.8 Å². The Bertz CT molecular complexity index is 2070. The van der Waals surface area contributed by atoms with E-state index in [1.54, 1.807) is 0 Å². The van der Waals surface area contributed by atoms with Gasteiger partial charge in [-0.3, -0.25) is 0 Å². The number of benzene rings is 3. The summed E-state index contributed by atoms with van der Waals surface area (Å²) < 4.78 is 177. The van der Waals surface area contributed by atoms with Crippen LogP contribution in [0.2, 0.25) is 0 Å². The Hall–Kier alpha value is -5.53. The number of halogens is 12. The molecule has 0 aliphatic heterocycles. The molecule has 0 atom stereocenters. The number of nitriles is 3. The number of nitrogens with two attached hydrogens (primary N) is 1. The summed E-state index contributed by atoms with van der Waals surface area (Å²) in [6.07, 6.45) is 0. The fraction of sp³-hybridized carbons (Fsp3) is 0.100. The maximum Gasteiger partial charge on any atom is 0.180 e. The van der Waals surface area contributed by atoms with Gasteiger partial charge in [0.1, 0.15) is 23.8 Å². The molecule has 0 amide bonds. The van der Waals surface area contributed by atoms with Crippen LogP contribution in [0.3, 0.4) is 0 Å². The highest BCUT2D eigenvalue weighted by molar-refractivity contribution is 6.10. The second-order valence-electron chi connectivity index (χ2n) is 9.41. The fourth-order valence-electron chi connectivity index (χ4n) is 4.76. The molecular weight excluding hydrogens is 644 g/mol. The lowest BCUT2D eigenvalue weighted by Gasteiger charge is -2.11. The van der Waals surface area contributed by atoms with Crippen LogP contribution in [0.15, 0.2) is 16.7 Å². The molecule has 0 unspecified atom stereocenters. The van der Waals surface area contributed by atoms with E-state index in [0.717, 1.165) is 18.2 Å². The predicted octanol–water partition coefficient (Wildman–Crippen LogP) is 7.74. The van der Waals surface area contributed by atoms with Crippen LogP contribution in [0.5, 0.6) is 0 Å². The van der Waals surface area contributed by atoms with Crippen LogP contribution < -0.4 is 5.73 Å². The lowest BCUT2D eigenvalue weighted by Crippen LogP contribution is -2.11. The molecule has 1 aliphatic rings. The molecule has 0 aromatic heterocycles. The smallest absolute Gasteiger partial charge is 0.180 e. The summed E-state index contributed by atoms with van der Waals surface area (Å²) in [6.45, 7) is 0.182. The molecule has 234 valence electrons. The third kappa shape index (κ3) is 4.59. The van der Waals surface area contributed by atoms with E-state index in [4.69, 9.17) is 11.0 Å². The molecule has 0 radical (unpaired) electrons. The molecule has 0 heterocycles. The molecule has 16 heteroatoms. The Labute approximate surface area is 249 Å². The second kappa shape index (κ2) is 11.8. The van der Waals surface area contributed by atoms with Gasteiger partial charge in [0.25, 0.3) is 0 Å². The van der Waals surface area contributed by atoms with E-state index in [1.807, 2.05) is 0 Å². The van der Waals surface area contributed by atoms with E-state index in [0.29, 0.717) is 13.8 Å². The number of nitrogens with zero attached hydrogens (tertiary/aromatic N) is 3. The van der Waals surface area contributed by atoms with Crippen molar-refractivity contribution in [1.82, 2.24) is 0 Å². The SMILES string of the molecule is C/C(=C1\C(=C(C#N)c2c(F)c(F)c(C)c(F)c2F)\C1=C(\C#N)c1c(F)c(F)c(C#N)c(F)c1F)c1c(F)c(F)c(CN)c(F)c1F. The Balaban J connectivity index is 2.31. The van der Waals surface area contributed by atoms with Crippen molar-refractivity contribution in [3.8, 4) is 18.2 Å². The molecule has 4 rings (SSSR count). The van der Waals surface area contributed by atoms with Crippen LogP contribution in [-0.2, 0) is 6.54 Å². The maximum atomic E-state index is 15.1. The first kappa shape index (κ1) is 33.4. The van der Waals surface area contributed by atoms with Gasteiger partial charge in [0.15, 0.2) is 69.8 Å². The summed E-state index contributed by atoms with van der Waals surface area (Å²) in [7, 11) is 0. The Morgan fingerprint density at radius 1 is 0.522 bits per heavy atom. The van der Waals surface area contributed by atoms with Gasteiger partial charge in [-0.2, -0.15) is 15.8 Å². The topological polar surface area (TPSA) is 97.4 Å². The van der Waals surface area contributed by atoms with E-state index in [9.17, 15) is 36.9 Å². The first-order valence-corrected chi connectivity index (χ1v) is 12.2. The van der Waals surface area contributed by atoms with E-state index < -0.39 is 143 Å². The van der Waals surface area contributed by atoms with Crippen LogP contribution in [-0.4, -0.2) is 0 Å². The van der Waals surface area contributed by atoms with E-state index in [1.165, 1.54) is 0 Å². The summed E-state index contributed by atoms with van der Waals surface area (Å²) in [4.78, 5) is 0. The summed E-state index contributed by atoms with van der Waals surface area (Å²) in [5.41, 5.74) is -11.8. The van der Waals surface area contributed by atoms with Crippen LogP contribution in [0.25, 0.3) is 16.7 Å². The molecule has 4 nitrogen and oxygen atoms in total. The highest BCUT2D eigenvalue weighted by atomic mass is 19.2. The van der Waals surface area contributed by atoms with Crippen molar-refractivity contribution in [2.24, 2.45) is 5.73 Å². The molecule has 0 saturated heterocycles. The molecule has 3 aromatic rings. The van der Waals surface area contributed by atoms with Gasteiger partial charge in [-0.25, -0.2) is 52.7 Å². The van der Waals surface area contributed by atoms with Crippen molar-refractivity contribution in [2.75, 3.05) is 0 Å². The summed E-state index contributed by atoms with van der Waals surface area (Å²) >= 11 is 0. The first-order valence-electron chi connectivity index (χ1n) is 12.2. The average molecular weight is 654 g/mol. The molecule has 1 aliphatic carbocycles. The zero-order valence-corrected chi connectivity index (χ0v) is 22.7. The molecule has 1 saturated carbocycles. The zero-order valence-electron chi connectivity index (χ0n) is 22.7. The molecule has 1 fully saturated rings. The van der Waals surface area contributed by atoms with Crippen LogP contribution in [0, 0.1) is 111 Å². The third-order valence-electron chi connectivity index (χ3n) is 7.08. The Morgan fingerprint density at radius 3 is 1.20 bits per heavy atom. The van der Waals surface area contributed by atoms with Crippen molar-refractivity contribution in [3.63, 3.8) is 0 Å². The molecule has 0 bridgehead atoms. The van der Waals surface area contributed by atoms with Crippen molar-refractivity contribution < 1.29 is 52.7 Å². The van der Waals surface area contributed by atoms with E-state index in [-0.39, 0.29) is 0 Å². The second-order valence-corrected chi connectivity index (χ2v) is 9.41. The molecular formula is C30H10F12N4. The molecule has 3 aromatic carbocycles.